The average Bonchev–Trinajstić information content (AvgIpc) is 2.78. The van der Waals surface area contributed by atoms with Crippen LogP contribution in [0.1, 0.15) is 31.4 Å². The third-order valence-electron chi connectivity index (χ3n) is 2.91. The van der Waals surface area contributed by atoms with Gasteiger partial charge in [-0.2, -0.15) is 0 Å². The zero-order chi connectivity index (χ0) is 13.0. The van der Waals surface area contributed by atoms with Gasteiger partial charge in [0.1, 0.15) is 5.82 Å². The van der Waals surface area contributed by atoms with Crippen LogP contribution in [0.25, 0.3) is 0 Å². The van der Waals surface area contributed by atoms with Crippen LogP contribution in [0.4, 0.5) is 5.82 Å². The number of aromatic nitrogens is 2. The standard InChI is InChI=1S/C12H18N4OS/c1-8-6-10(13)16-12(14-8)18-7-11(17)15-9-4-2-3-5-9/h6,9H,2-5,7H2,1H3,(H,15,17)(H2,13,14,16). The molecule has 0 spiro atoms. The van der Waals surface area contributed by atoms with Gasteiger partial charge in [0.15, 0.2) is 5.16 Å². The van der Waals surface area contributed by atoms with Crippen molar-refractivity contribution in [3.63, 3.8) is 0 Å². The van der Waals surface area contributed by atoms with Gasteiger partial charge in [0.25, 0.3) is 0 Å². The van der Waals surface area contributed by atoms with Crippen molar-refractivity contribution in [3.05, 3.63) is 11.8 Å². The van der Waals surface area contributed by atoms with E-state index in [2.05, 4.69) is 15.3 Å². The molecule has 0 radical (unpaired) electrons. The summed E-state index contributed by atoms with van der Waals surface area (Å²) in [5, 5.41) is 3.60. The highest BCUT2D eigenvalue weighted by atomic mass is 32.2. The first-order chi connectivity index (χ1) is 8.63. The third kappa shape index (κ3) is 3.87. The minimum absolute atomic E-state index is 0.0515. The Morgan fingerprint density at radius 2 is 2.22 bits per heavy atom. The number of amides is 1. The van der Waals surface area contributed by atoms with Crippen molar-refractivity contribution in [2.75, 3.05) is 11.5 Å². The molecular formula is C12H18N4OS. The summed E-state index contributed by atoms with van der Waals surface area (Å²) in [7, 11) is 0. The van der Waals surface area contributed by atoms with E-state index < -0.39 is 0 Å². The van der Waals surface area contributed by atoms with Crippen molar-refractivity contribution in [2.45, 2.75) is 43.8 Å². The van der Waals surface area contributed by atoms with Gasteiger partial charge in [0, 0.05) is 17.8 Å². The molecule has 0 aliphatic heterocycles. The average molecular weight is 266 g/mol. The van der Waals surface area contributed by atoms with Crippen LogP contribution in [0.2, 0.25) is 0 Å². The van der Waals surface area contributed by atoms with E-state index in [1.54, 1.807) is 6.07 Å². The van der Waals surface area contributed by atoms with Gasteiger partial charge in [-0.25, -0.2) is 9.97 Å². The molecule has 1 aromatic rings. The zero-order valence-electron chi connectivity index (χ0n) is 10.5. The molecular weight excluding hydrogens is 248 g/mol. The number of carbonyl (C=O) groups excluding carboxylic acids is 1. The Morgan fingerprint density at radius 1 is 1.50 bits per heavy atom. The number of hydrogen-bond acceptors (Lipinski definition) is 5. The maximum Gasteiger partial charge on any atom is 0.230 e. The van der Waals surface area contributed by atoms with Crippen LogP contribution in [0.5, 0.6) is 0 Å². The fraction of sp³-hybridized carbons (Fsp3) is 0.583. The summed E-state index contributed by atoms with van der Waals surface area (Å²) < 4.78 is 0. The first-order valence-corrected chi connectivity index (χ1v) is 7.15. The monoisotopic (exact) mass is 266 g/mol. The molecule has 0 saturated heterocycles. The highest BCUT2D eigenvalue weighted by Gasteiger charge is 2.17. The largest absolute Gasteiger partial charge is 0.384 e. The molecule has 1 saturated carbocycles. The number of hydrogen-bond donors (Lipinski definition) is 2. The van der Waals surface area contributed by atoms with Crippen LogP contribution in [0, 0.1) is 6.92 Å². The molecule has 1 heterocycles. The van der Waals surface area contributed by atoms with Gasteiger partial charge in [-0.15, -0.1) is 0 Å². The molecule has 0 aromatic carbocycles. The predicted octanol–water partition coefficient (Wildman–Crippen LogP) is 1.52. The first kappa shape index (κ1) is 13.1. The van der Waals surface area contributed by atoms with E-state index in [1.165, 1.54) is 24.6 Å². The SMILES string of the molecule is Cc1cc(N)nc(SCC(=O)NC2CCCC2)n1. The van der Waals surface area contributed by atoms with Crippen molar-refractivity contribution in [2.24, 2.45) is 0 Å². The second-order valence-electron chi connectivity index (χ2n) is 4.55. The van der Waals surface area contributed by atoms with Crippen LogP contribution in [0.3, 0.4) is 0 Å². The van der Waals surface area contributed by atoms with Crippen molar-refractivity contribution < 1.29 is 4.79 Å². The lowest BCUT2D eigenvalue weighted by Gasteiger charge is -2.11. The number of nitrogen functional groups attached to an aromatic ring is 1. The molecule has 1 aromatic heterocycles. The third-order valence-corrected chi connectivity index (χ3v) is 3.75. The topological polar surface area (TPSA) is 80.9 Å². The van der Waals surface area contributed by atoms with Gasteiger partial charge in [0.2, 0.25) is 5.91 Å². The molecule has 3 N–H and O–H groups in total. The van der Waals surface area contributed by atoms with Gasteiger partial charge < -0.3 is 11.1 Å². The first-order valence-electron chi connectivity index (χ1n) is 6.17. The lowest BCUT2D eigenvalue weighted by atomic mass is 10.2. The normalized spacial score (nSPS) is 15.8. The molecule has 6 heteroatoms. The number of nitrogens with one attached hydrogen (secondary N) is 1. The van der Waals surface area contributed by atoms with Crippen molar-refractivity contribution >= 4 is 23.5 Å². The number of thioether (sulfide) groups is 1. The van der Waals surface area contributed by atoms with Crippen LogP contribution < -0.4 is 11.1 Å². The van der Waals surface area contributed by atoms with Crippen molar-refractivity contribution in [3.8, 4) is 0 Å². The Bertz CT molecular complexity index is 412. The molecule has 2 rings (SSSR count). The van der Waals surface area contributed by atoms with Gasteiger partial charge in [-0.3, -0.25) is 4.79 Å². The second kappa shape index (κ2) is 6.04. The van der Waals surface area contributed by atoms with Crippen molar-refractivity contribution in [1.82, 2.24) is 15.3 Å². The van der Waals surface area contributed by atoms with Gasteiger partial charge in [-0.1, -0.05) is 24.6 Å². The summed E-state index contributed by atoms with van der Waals surface area (Å²) in [4.78, 5) is 20.0. The number of nitrogens with two attached hydrogens (primary N) is 1. The molecule has 1 aliphatic rings. The van der Waals surface area contributed by atoms with Crippen LogP contribution in [-0.4, -0.2) is 27.7 Å². The minimum atomic E-state index is 0.0515. The summed E-state index contributed by atoms with van der Waals surface area (Å²) in [6.45, 7) is 1.86. The van der Waals surface area contributed by atoms with Gasteiger partial charge in [-0.05, 0) is 19.8 Å². The predicted molar refractivity (Wildman–Crippen MR) is 72.3 cm³/mol. The summed E-state index contributed by atoms with van der Waals surface area (Å²) >= 11 is 1.33. The van der Waals surface area contributed by atoms with E-state index in [4.69, 9.17) is 5.73 Å². The van der Waals surface area contributed by atoms with Crippen LogP contribution >= 0.6 is 11.8 Å². The maximum absolute atomic E-state index is 11.7. The minimum Gasteiger partial charge on any atom is -0.384 e. The Balaban J connectivity index is 1.81. The lowest BCUT2D eigenvalue weighted by Crippen LogP contribution is -2.33. The maximum atomic E-state index is 11.7. The summed E-state index contributed by atoms with van der Waals surface area (Å²) in [5.74, 6) is 0.844. The molecule has 0 bridgehead atoms. The van der Waals surface area contributed by atoms with E-state index in [1.807, 2.05) is 6.92 Å². The molecule has 1 aliphatic carbocycles. The molecule has 0 unspecified atom stereocenters. The highest BCUT2D eigenvalue weighted by molar-refractivity contribution is 7.99. The lowest BCUT2D eigenvalue weighted by molar-refractivity contribution is -0.119. The van der Waals surface area contributed by atoms with E-state index in [0.29, 0.717) is 22.8 Å². The number of carbonyl (C=O) groups is 1. The van der Waals surface area contributed by atoms with Crippen LogP contribution in [-0.2, 0) is 4.79 Å². The molecule has 1 fully saturated rings. The molecule has 18 heavy (non-hydrogen) atoms. The smallest absolute Gasteiger partial charge is 0.230 e. The number of anilines is 1. The Labute approximate surface area is 111 Å². The summed E-state index contributed by atoms with van der Waals surface area (Å²) in [6, 6.07) is 2.07. The van der Waals surface area contributed by atoms with E-state index in [9.17, 15) is 4.79 Å². The van der Waals surface area contributed by atoms with E-state index in [0.717, 1.165) is 18.5 Å². The fourth-order valence-electron chi connectivity index (χ4n) is 2.10. The molecule has 1 amide bonds. The van der Waals surface area contributed by atoms with Crippen molar-refractivity contribution in [1.29, 1.82) is 0 Å². The van der Waals surface area contributed by atoms with Gasteiger partial charge in [0.05, 0.1) is 5.75 Å². The number of nitrogens with zero attached hydrogens (tertiary/aromatic N) is 2. The van der Waals surface area contributed by atoms with E-state index >= 15 is 0 Å². The highest BCUT2D eigenvalue weighted by Crippen LogP contribution is 2.19. The molecule has 98 valence electrons. The molecule has 5 nitrogen and oxygen atoms in total. The zero-order valence-corrected chi connectivity index (χ0v) is 11.3. The number of aryl methyl sites for hydroxylation is 1. The quantitative estimate of drug-likeness (QED) is 0.638. The Hall–Kier alpha value is -1.30. The Kier molecular flexibility index (Phi) is 4.41. The number of rotatable bonds is 4. The fourth-order valence-corrected chi connectivity index (χ4v) is 2.82. The van der Waals surface area contributed by atoms with Crippen LogP contribution in [0.15, 0.2) is 11.2 Å². The Morgan fingerprint density at radius 3 is 2.89 bits per heavy atom. The van der Waals surface area contributed by atoms with E-state index in [-0.39, 0.29) is 5.91 Å². The second-order valence-corrected chi connectivity index (χ2v) is 5.50. The molecule has 0 atom stereocenters. The van der Waals surface area contributed by atoms with Gasteiger partial charge >= 0.3 is 0 Å². The summed E-state index contributed by atoms with van der Waals surface area (Å²) in [5.41, 5.74) is 6.45. The summed E-state index contributed by atoms with van der Waals surface area (Å²) in [6.07, 6.45) is 4.64.